The number of aromatic amines is 1. The summed E-state index contributed by atoms with van der Waals surface area (Å²) in [6.45, 7) is 7.70. The predicted molar refractivity (Wildman–Crippen MR) is 84.8 cm³/mol. The minimum absolute atomic E-state index is 0.125. The molecule has 0 saturated carbocycles. The number of hydrazine groups is 1. The highest BCUT2D eigenvalue weighted by molar-refractivity contribution is 5.77. The molecule has 0 aliphatic heterocycles. The number of phenols is 1. The summed E-state index contributed by atoms with van der Waals surface area (Å²) >= 11 is 0. The van der Waals surface area contributed by atoms with Crippen molar-refractivity contribution in [1.82, 2.24) is 21.0 Å². The Morgan fingerprint density at radius 2 is 1.95 bits per heavy atom. The van der Waals surface area contributed by atoms with Crippen LogP contribution < -0.4 is 10.9 Å². The summed E-state index contributed by atoms with van der Waals surface area (Å²) in [6, 6.07) is 6.56. The molecular weight excluding hydrogens is 280 g/mol. The van der Waals surface area contributed by atoms with Crippen LogP contribution in [-0.4, -0.2) is 21.2 Å². The van der Waals surface area contributed by atoms with Gasteiger partial charge in [0.1, 0.15) is 5.75 Å². The Morgan fingerprint density at radius 3 is 2.55 bits per heavy atom. The molecule has 116 valence electrons. The number of aromatic hydroxyl groups is 1. The van der Waals surface area contributed by atoms with Crippen molar-refractivity contribution >= 4 is 11.6 Å². The first-order valence-electron chi connectivity index (χ1n) is 7.01. The van der Waals surface area contributed by atoms with Gasteiger partial charge in [0.15, 0.2) is 0 Å². The third-order valence-electron chi connectivity index (χ3n) is 3.45. The van der Waals surface area contributed by atoms with E-state index in [-0.39, 0.29) is 11.7 Å². The number of aryl methyl sites for hydroxylation is 2. The molecule has 0 aliphatic carbocycles. The molecule has 1 heterocycles. The normalized spacial score (nSPS) is 10.3. The van der Waals surface area contributed by atoms with Gasteiger partial charge >= 0.3 is 0 Å². The first-order valence-corrected chi connectivity index (χ1v) is 7.01. The van der Waals surface area contributed by atoms with E-state index < -0.39 is 0 Å². The third kappa shape index (κ3) is 3.88. The van der Waals surface area contributed by atoms with Crippen LogP contribution in [0.25, 0.3) is 5.70 Å². The molecular formula is C16H20N4O2. The Labute approximate surface area is 129 Å². The van der Waals surface area contributed by atoms with Crippen LogP contribution in [0.2, 0.25) is 0 Å². The molecule has 0 radical (unpaired) electrons. The van der Waals surface area contributed by atoms with Crippen molar-refractivity contribution in [2.45, 2.75) is 26.7 Å². The van der Waals surface area contributed by atoms with Gasteiger partial charge in [-0.3, -0.25) is 20.7 Å². The van der Waals surface area contributed by atoms with Crippen LogP contribution in [0.5, 0.6) is 5.75 Å². The largest absolute Gasteiger partial charge is 0.508 e. The molecule has 2 aromatic rings. The number of hydrogen-bond acceptors (Lipinski definition) is 4. The summed E-state index contributed by atoms with van der Waals surface area (Å²) in [5.41, 5.74) is 9.74. The van der Waals surface area contributed by atoms with Crippen molar-refractivity contribution < 1.29 is 9.90 Å². The Bertz CT molecular complexity index is 654. The number of nitrogens with one attached hydrogen (secondary N) is 3. The van der Waals surface area contributed by atoms with Gasteiger partial charge in [0.05, 0.1) is 11.4 Å². The van der Waals surface area contributed by atoms with Crippen molar-refractivity contribution in [3.05, 3.63) is 53.4 Å². The molecule has 0 spiro atoms. The second kappa shape index (κ2) is 6.80. The standard InChI is InChI=1S/C16H20N4O2/c1-10(13-4-6-14(21)7-5-13)17-20-16(22)9-8-15-11(2)18-19-12(15)3/h4-7,17,21H,1,8-9H2,2-3H3,(H,18,19)(H,20,22). The fourth-order valence-electron chi connectivity index (χ4n) is 2.12. The number of benzene rings is 1. The SMILES string of the molecule is C=C(NNC(=O)CCc1c(C)n[nH]c1C)c1ccc(O)cc1. The van der Waals surface area contributed by atoms with Crippen LogP contribution in [0.4, 0.5) is 0 Å². The highest BCUT2D eigenvalue weighted by Crippen LogP contribution is 2.14. The quantitative estimate of drug-likeness (QED) is 0.614. The van der Waals surface area contributed by atoms with E-state index in [1.54, 1.807) is 24.3 Å². The van der Waals surface area contributed by atoms with Gasteiger partial charge in [-0.15, -0.1) is 0 Å². The molecule has 4 N–H and O–H groups in total. The van der Waals surface area contributed by atoms with Crippen molar-refractivity contribution in [2.24, 2.45) is 0 Å². The van der Waals surface area contributed by atoms with Crippen LogP contribution in [0.3, 0.4) is 0 Å². The zero-order valence-corrected chi connectivity index (χ0v) is 12.7. The Kier molecular flexibility index (Phi) is 4.83. The molecule has 1 aromatic heterocycles. The van der Waals surface area contributed by atoms with E-state index in [4.69, 9.17) is 0 Å². The van der Waals surface area contributed by atoms with Gasteiger partial charge in [-0.1, -0.05) is 6.58 Å². The van der Waals surface area contributed by atoms with E-state index in [1.807, 2.05) is 13.8 Å². The minimum Gasteiger partial charge on any atom is -0.508 e. The van der Waals surface area contributed by atoms with Crippen LogP contribution in [0, 0.1) is 13.8 Å². The lowest BCUT2D eigenvalue weighted by atomic mass is 10.1. The monoisotopic (exact) mass is 300 g/mol. The van der Waals surface area contributed by atoms with E-state index in [9.17, 15) is 9.90 Å². The summed E-state index contributed by atoms with van der Waals surface area (Å²) in [5.74, 6) is 0.0614. The molecule has 0 bridgehead atoms. The van der Waals surface area contributed by atoms with Gasteiger partial charge in [-0.2, -0.15) is 5.10 Å². The van der Waals surface area contributed by atoms with Crippen molar-refractivity contribution in [3.8, 4) is 5.75 Å². The van der Waals surface area contributed by atoms with Gasteiger partial charge in [0.25, 0.3) is 0 Å². The lowest BCUT2D eigenvalue weighted by Crippen LogP contribution is -2.36. The summed E-state index contributed by atoms with van der Waals surface area (Å²) < 4.78 is 0. The number of nitrogens with zero attached hydrogens (tertiary/aromatic N) is 1. The fourth-order valence-corrected chi connectivity index (χ4v) is 2.12. The van der Waals surface area contributed by atoms with Gasteiger partial charge in [0, 0.05) is 12.1 Å². The molecule has 6 heteroatoms. The number of hydrogen-bond donors (Lipinski definition) is 4. The zero-order valence-electron chi connectivity index (χ0n) is 12.7. The zero-order chi connectivity index (χ0) is 16.1. The first-order chi connectivity index (χ1) is 10.5. The lowest BCUT2D eigenvalue weighted by molar-refractivity contribution is -0.121. The second-order valence-corrected chi connectivity index (χ2v) is 5.11. The first kappa shape index (κ1) is 15.6. The smallest absolute Gasteiger partial charge is 0.238 e. The second-order valence-electron chi connectivity index (χ2n) is 5.11. The number of carbonyl (C=O) groups excluding carboxylic acids is 1. The average Bonchev–Trinajstić information content (AvgIpc) is 2.82. The molecule has 22 heavy (non-hydrogen) atoms. The van der Waals surface area contributed by atoms with Gasteiger partial charge in [-0.25, -0.2) is 0 Å². The molecule has 0 fully saturated rings. The number of carbonyl (C=O) groups is 1. The summed E-state index contributed by atoms with van der Waals surface area (Å²) in [4.78, 5) is 11.9. The van der Waals surface area contributed by atoms with E-state index in [0.717, 1.165) is 22.5 Å². The van der Waals surface area contributed by atoms with Crippen LogP contribution in [-0.2, 0) is 11.2 Å². The van der Waals surface area contributed by atoms with Gasteiger partial charge in [0.2, 0.25) is 5.91 Å². The average molecular weight is 300 g/mol. The number of rotatable bonds is 6. The third-order valence-corrected chi connectivity index (χ3v) is 3.45. The Balaban J connectivity index is 1.80. The van der Waals surface area contributed by atoms with Crippen molar-refractivity contribution in [1.29, 1.82) is 0 Å². The lowest BCUT2D eigenvalue weighted by Gasteiger charge is -2.11. The highest BCUT2D eigenvalue weighted by atomic mass is 16.3. The summed E-state index contributed by atoms with van der Waals surface area (Å²) in [5, 5.41) is 16.2. The molecule has 2 rings (SSSR count). The highest BCUT2D eigenvalue weighted by Gasteiger charge is 2.09. The van der Waals surface area contributed by atoms with E-state index in [2.05, 4.69) is 27.6 Å². The molecule has 0 unspecified atom stereocenters. The minimum atomic E-state index is -0.125. The summed E-state index contributed by atoms with van der Waals surface area (Å²) in [7, 11) is 0. The summed E-state index contributed by atoms with van der Waals surface area (Å²) in [6.07, 6.45) is 0.991. The number of amides is 1. The predicted octanol–water partition coefficient (Wildman–Crippen LogP) is 1.96. The Hall–Kier alpha value is -2.76. The van der Waals surface area contributed by atoms with E-state index in [0.29, 0.717) is 18.5 Å². The molecule has 0 atom stereocenters. The maximum absolute atomic E-state index is 11.9. The van der Waals surface area contributed by atoms with Crippen LogP contribution in [0.15, 0.2) is 30.8 Å². The van der Waals surface area contributed by atoms with Crippen LogP contribution >= 0.6 is 0 Å². The van der Waals surface area contributed by atoms with Crippen molar-refractivity contribution in [3.63, 3.8) is 0 Å². The molecule has 1 aromatic carbocycles. The van der Waals surface area contributed by atoms with Gasteiger partial charge < -0.3 is 5.11 Å². The van der Waals surface area contributed by atoms with E-state index in [1.165, 1.54) is 0 Å². The number of phenolic OH excluding ortho intramolecular Hbond substituents is 1. The Morgan fingerprint density at radius 1 is 1.27 bits per heavy atom. The number of aromatic nitrogens is 2. The van der Waals surface area contributed by atoms with E-state index >= 15 is 0 Å². The molecule has 1 amide bonds. The van der Waals surface area contributed by atoms with Crippen LogP contribution in [0.1, 0.15) is 28.9 Å². The molecule has 6 nitrogen and oxygen atoms in total. The fraction of sp³-hybridized carbons (Fsp3) is 0.250. The molecule has 0 aliphatic rings. The maximum atomic E-state index is 11.9. The maximum Gasteiger partial charge on any atom is 0.238 e. The topological polar surface area (TPSA) is 90.0 Å². The number of H-pyrrole nitrogens is 1. The molecule has 0 saturated heterocycles. The van der Waals surface area contributed by atoms with Crippen molar-refractivity contribution in [2.75, 3.05) is 0 Å². The van der Waals surface area contributed by atoms with Gasteiger partial charge in [-0.05, 0) is 55.7 Å².